The van der Waals surface area contributed by atoms with E-state index < -0.39 is 27.8 Å². The molecular formula is C27H33N5O6S. The highest BCUT2D eigenvalue weighted by Crippen LogP contribution is 2.17. The van der Waals surface area contributed by atoms with Gasteiger partial charge in [-0.25, -0.2) is 18.4 Å². The van der Waals surface area contributed by atoms with Crippen LogP contribution >= 0.6 is 0 Å². The maximum Gasteiger partial charge on any atom is 0.410 e. The number of aliphatic hydroxyl groups excluding tert-OH is 1. The number of nitrogens with zero attached hydrogens (tertiary/aromatic N) is 3. The van der Waals surface area contributed by atoms with Crippen molar-refractivity contribution in [2.45, 2.75) is 43.8 Å². The summed E-state index contributed by atoms with van der Waals surface area (Å²) in [4.78, 5) is 23.4. The predicted molar refractivity (Wildman–Crippen MR) is 147 cm³/mol. The number of rotatable bonds is 11. The molecule has 1 heterocycles. The van der Waals surface area contributed by atoms with E-state index in [0.29, 0.717) is 29.8 Å². The van der Waals surface area contributed by atoms with Crippen molar-refractivity contribution in [2.24, 2.45) is 10.3 Å². The molecule has 39 heavy (non-hydrogen) atoms. The predicted octanol–water partition coefficient (Wildman–Crippen LogP) is 3.62. The minimum Gasteiger partial charge on any atom is -0.444 e. The van der Waals surface area contributed by atoms with E-state index in [1.54, 1.807) is 69.6 Å². The Hall–Kier alpha value is -4.00. The lowest BCUT2D eigenvalue weighted by Gasteiger charge is -2.29. The van der Waals surface area contributed by atoms with Crippen LogP contribution < -0.4 is 10.6 Å². The zero-order valence-corrected chi connectivity index (χ0v) is 22.8. The molecule has 0 saturated carbocycles. The first-order chi connectivity index (χ1) is 18.4. The minimum atomic E-state index is -3.75. The third kappa shape index (κ3) is 10.0. The van der Waals surface area contributed by atoms with E-state index in [0.717, 1.165) is 5.56 Å². The molecule has 1 amide bonds. The number of hydrogen-bond donors (Lipinski definition) is 3. The molecule has 1 atom stereocenters. The van der Waals surface area contributed by atoms with Crippen LogP contribution in [0.25, 0.3) is 0 Å². The largest absolute Gasteiger partial charge is 0.444 e. The van der Waals surface area contributed by atoms with Crippen molar-refractivity contribution >= 4 is 28.0 Å². The van der Waals surface area contributed by atoms with Crippen LogP contribution in [0.4, 0.5) is 10.5 Å². The third-order valence-electron chi connectivity index (χ3n) is 5.37. The van der Waals surface area contributed by atoms with Crippen LogP contribution in [-0.2, 0) is 26.1 Å². The van der Waals surface area contributed by atoms with Crippen LogP contribution in [0.3, 0.4) is 0 Å². The lowest BCUT2D eigenvalue weighted by molar-refractivity contribution is 0.0146. The average molecular weight is 556 g/mol. The van der Waals surface area contributed by atoms with Gasteiger partial charge in [0, 0.05) is 24.5 Å². The molecule has 3 rings (SSSR count). The molecule has 0 unspecified atom stereocenters. The van der Waals surface area contributed by atoms with Gasteiger partial charge in [-0.15, -0.1) is 0 Å². The summed E-state index contributed by atoms with van der Waals surface area (Å²) in [6, 6.07) is 16.7. The molecule has 3 aromatic rings. The number of nitrogens with one attached hydrogen (secondary N) is 1. The lowest BCUT2D eigenvalue weighted by Crippen LogP contribution is -2.40. The Morgan fingerprint density at radius 2 is 1.85 bits per heavy atom. The van der Waals surface area contributed by atoms with Crippen molar-refractivity contribution in [2.75, 3.05) is 18.6 Å². The Balaban J connectivity index is 1.54. The van der Waals surface area contributed by atoms with Gasteiger partial charge in [0.15, 0.2) is 0 Å². The van der Waals surface area contributed by atoms with Gasteiger partial charge < -0.3 is 14.7 Å². The van der Waals surface area contributed by atoms with Gasteiger partial charge in [-0.3, -0.25) is 9.92 Å². The second kappa shape index (κ2) is 13.2. The number of aliphatic hydroxyl groups is 1. The van der Waals surface area contributed by atoms with Gasteiger partial charge in [0.25, 0.3) is 0 Å². The van der Waals surface area contributed by atoms with Gasteiger partial charge in [-0.2, -0.15) is 5.48 Å². The molecule has 4 N–H and O–H groups in total. The van der Waals surface area contributed by atoms with Crippen LogP contribution in [-0.4, -0.2) is 54.4 Å². The molecule has 0 bridgehead atoms. The van der Waals surface area contributed by atoms with Crippen molar-refractivity contribution in [1.82, 2.24) is 9.88 Å². The van der Waals surface area contributed by atoms with Crippen LogP contribution in [0.2, 0.25) is 0 Å². The first-order valence-electron chi connectivity index (χ1n) is 12.1. The smallest absolute Gasteiger partial charge is 0.410 e. The first-order valence-corrected chi connectivity index (χ1v) is 13.7. The number of anilines is 1. The van der Waals surface area contributed by atoms with E-state index >= 15 is 0 Å². The number of amides is 1. The second-order valence-electron chi connectivity index (χ2n) is 9.72. The molecule has 1 aromatic heterocycles. The molecule has 11 nitrogen and oxygen atoms in total. The standard InChI is InChI=1S/C27H33N5O6S/c1-27(2,3)37-26(34)32(19-25(33)22-5-4-15-29-18-22)16-14-20-6-10-23(11-7-20)31-38-30-17-21-8-12-24(13-9-21)39(28,35)36/h4-13,15,17-18,25,31,33H,14,16,19H2,1-3H3,(H2,28,35,36)/b30-17+/t25-/m0/s1. The number of primary sulfonamides is 1. The fourth-order valence-corrected chi connectivity index (χ4v) is 3.90. The summed E-state index contributed by atoms with van der Waals surface area (Å²) in [7, 11) is -3.75. The topological polar surface area (TPSA) is 156 Å². The third-order valence-corrected chi connectivity index (χ3v) is 6.29. The average Bonchev–Trinajstić information content (AvgIpc) is 2.89. The number of aromatic nitrogens is 1. The number of oxime groups is 1. The Morgan fingerprint density at radius 3 is 2.44 bits per heavy atom. The SMILES string of the molecule is CC(C)(C)OC(=O)N(CCc1ccc(NO/N=C/c2ccc(S(N)(=O)=O)cc2)cc1)C[C@H](O)c1cccnc1. The van der Waals surface area contributed by atoms with Crippen LogP contribution in [0.5, 0.6) is 0 Å². The maximum atomic E-state index is 12.8. The minimum absolute atomic E-state index is 0.0117. The molecule has 0 radical (unpaired) electrons. The van der Waals surface area contributed by atoms with E-state index in [9.17, 15) is 18.3 Å². The summed E-state index contributed by atoms with van der Waals surface area (Å²) in [5.41, 5.74) is 4.88. The van der Waals surface area contributed by atoms with Crippen molar-refractivity contribution in [3.05, 3.63) is 89.7 Å². The molecule has 0 fully saturated rings. The van der Waals surface area contributed by atoms with Gasteiger partial charge in [0.2, 0.25) is 10.0 Å². The number of hydrogen-bond acceptors (Lipinski definition) is 9. The van der Waals surface area contributed by atoms with Gasteiger partial charge in [-0.05, 0) is 68.7 Å². The maximum absolute atomic E-state index is 12.8. The molecule has 0 saturated heterocycles. The number of pyridine rings is 1. The molecule has 208 valence electrons. The first kappa shape index (κ1) is 29.6. The van der Waals surface area contributed by atoms with Crippen LogP contribution in [0.15, 0.2) is 83.1 Å². The Bertz CT molecular complexity index is 1340. The Labute approximate surface area is 228 Å². The van der Waals surface area contributed by atoms with Crippen LogP contribution in [0, 0.1) is 0 Å². The monoisotopic (exact) mass is 555 g/mol. The quantitative estimate of drug-likeness (QED) is 0.239. The molecule has 0 spiro atoms. The summed E-state index contributed by atoms with van der Waals surface area (Å²) in [6.07, 6.45) is 3.73. The Morgan fingerprint density at radius 1 is 1.15 bits per heavy atom. The number of ether oxygens (including phenoxy) is 1. The van der Waals surface area contributed by atoms with Crippen molar-refractivity contribution in [3.63, 3.8) is 0 Å². The summed E-state index contributed by atoms with van der Waals surface area (Å²) in [5, 5.41) is 19.5. The van der Waals surface area contributed by atoms with E-state index in [1.807, 2.05) is 12.1 Å². The number of benzene rings is 2. The highest BCUT2D eigenvalue weighted by Gasteiger charge is 2.24. The van der Waals surface area contributed by atoms with Gasteiger partial charge in [0.05, 0.1) is 29.4 Å². The second-order valence-corrected chi connectivity index (χ2v) is 11.3. The van der Waals surface area contributed by atoms with Gasteiger partial charge in [0.1, 0.15) is 5.60 Å². The van der Waals surface area contributed by atoms with Crippen molar-refractivity contribution in [3.8, 4) is 0 Å². The fraction of sp³-hybridized carbons (Fsp3) is 0.296. The highest BCUT2D eigenvalue weighted by molar-refractivity contribution is 7.89. The summed E-state index contributed by atoms with van der Waals surface area (Å²) in [5.74, 6) is 0. The number of carbonyl (C=O) groups excluding carboxylic acids is 1. The summed E-state index contributed by atoms with van der Waals surface area (Å²) < 4.78 is 28.2. The lowest BCUT2D eigenvalue weighted by atomic mass is 10.1. The molecule has 0 aliphatic carbocycles. The normalized spacial score (nSPS) is 12.6. The molecule has 0 aliphatic rings. The van der Waals surface area contributed by atoms with E-state index in [2.05, 4.69) is 15.6 Å². The Kier molecular flexibility index (Phi) is 9.99. The molecule has 0 aliphatic heterocycles. The van der Waals surface area contributed by atoms with E-state index in [4.69, 9.17) is 14.8 Å². The molecule has 2 aromatic carbocycles. The van der Waals surface area contributed by atoms with E-state index in [1.165, 1.54) is 23.2 Å². The van der Waals surface area contributed by atoms with Crippen LogP contribution in [0.1, 0.15) is 43.6 Å². The zero-order chi connectivity index (χ0) is 28.5. The summed E-state index contributed by atoms with van der Waals surface area (Å²) >= 11 is 0. The van der Waals surface area contributed by atoms with Crippen molar-refractivity contribution < 1.29 is 28.0 Å². The highest BCUT2D eigenvalue weighted by atomic mass is 32.2. The number of nitrogens with two attached hydrogens (primary N) is 1. The van der Waals surface area contributed by atoms with Gasteiger partial charge >= 0.3 is 6.09 Å². The number of sulfonamides is 1. The molecular weight excluding hydrogens is 522 g/mol. The van der Waals surface area contributed by atoms with E-state index in [-0.39, 0.29) is 11.4 Å². The molecule has 12 heteroatoms. The summed E-state index contributed by atoms with van der Waals surface area (Å²) in [6.45, 7) is 5.79. The van der Waals surface area contributed by atoms with Crippen molar-refractivity contribution in [1.29, 1.82) is 0 Å². The number of carbonyl (C=O) groups is 1. The van der Waals surface area contributed by atoms with Gasteiger partial charge in [-0.1, -0.05) is 35.5 Å². The zero-order valence-electron chi connectivity index (χ0n) is 22.0. The fourth-order valence-electron chi connectivity index (χ4n) is 3.38.